The first-order valence-electron chi connectivity index (χ1n) is 5.59. The van der Waals surface area contributed by atoms with Gasteiger partial charge >= 0.3 is 12.0 Å². The fourth-order valence-electron chi connectivity index (χ4n) is 1.60. The third-order valence-electron chi connectivity index (χ3n) is 2.65. The molecule has 2 atom stereocenters. The summed E-state index contributed by atoms with van der Waals surface area (Å²) < 4.78 is 5.19. The third-order valence-corrected chi connectivity index (χ3v) is 2.65. The fraction of sp³-hybridized carbons (Fsp3) is 0.800. The average Bonchev–Trinajstić information content (AvgIpc) is 2.78. The standard InChI is InChI=1S/C10H18N2O5/c13-5-8(9(14)15)12-10(16)11-3-1-7-2-4-17-6-7/h7-8,13H,1-6H2,(H,14,15)(H2,11,12,16)/t7?,8-/m0/s1. The second-order valence-corrected chi connectivity index (χ2v) is 3.99. The number of rotatable bonds is 6. The summed E-state index contributed by atoms with van der Waals surface area (Å²) >= 11 is 0. The van der Waals surface area contributed by atoms with E-state index in [1.807, 2.05) is 0 Å². The Morgan fingerprint density at radius 1 is 1.47 bits per heavy atom. The molecule has 0 aromatic carbocycles. The maximum Gasteiger partial charge on any atom is 0.328 e. The minimum Gasteiger partial charge on any atom is -0.480 e. The number of urea groups is 1. The van der Waals surface area contributed by atoms with Gasteiger partial charge in [0.1, 0.15) is 0 Å². The minimum atomic E-state index is -1.26. The number of carbonyl (C=O) groups is 2. The van der Waals surface area contributed by atoms with E-state index in [-0.39, 0.29) is 0 Å². The molecule has 7 heteroatoms. The number of nitrogens with one attached hydrogen (secondary N) is 2. The van der Waals surface area contributed by atoms with Crippen molar-refractivity contribution in [1.82, 2.24) is 10.6 Å². The molecular weight excluding hydrogens is 228 g/mol. The zero-order valence-corrected chi connectivity index (χ0v) is 9.52. The monoisotopic (exact) mass is 246 g/mol. The number of aliphatic hydroxyl groups excluding tert-OH is 1. The highest BCUT2D eigenvalue weighted by Gasteiger charge is 2.19. The molecule has 1 rings (SSSR count). The van der Waals surface area contributed by atoms with Crippen molar-refractivity contribution in [2.75, 3.05) is 26.4 Å². The number of hydrogen-bond acceptors (Lipinski definition) is 4. The van der Waals surface area contributed by atoms with Crippen LogP contribution < -0.4 is 10.6 Å². The highest BCUT2D eigenvalue weighted by Crippen LogP contribution is 2.14. The van der Waals surface area contributed by atoms with Crippen molar-refractivity contribution in [2.24, 2.45) is 5.92 Å². The number of aliphatic carboxylic acids is 1. The van der Waals surface area contributed by atoms with Crippen molar-refractivity contribution >= 4 is 12.0 Å². The molecule has 0 radical (unpaired) electrons. The summed E-state index contributed by atoms with van der Waals surface area (Å²) in [4.78, 5) is 21.8. The van der Waals surface area contributed by atoms with E-state index in [1.54, 1.807) is 0 Å². The lowest BCUT2D eigenvalue weighted by Crippen LogP contribution is -2.48. The van der Waals surface area contributed by atoms with E-state index in [2.05, 4.69) is 10.6 Å². The summed E-state index contributed by atoms with van der Waals surface area (Å²) in [5.74, 6) is -0.796. The molecule has 4 N–H and O–H groups in total. The summed E-state index contributed by atoms with van der Waals surface area (Å²) in [6.45, 7) is 1.33. The van der Waals surface area contributed by atoms with Crippen LogP contribution in [0.1, 0.15) is 12.8 Å². The molecule has 1 aliphatic rings. The second kappa shape index (κ2) is 7.08. The summed E-state index contributed by atoms with van der Waals surface area (Å²) in [6.07, 6.45) is 1.81. The Morgan fingerprint density at radius 3 is 2.76 bits per heavy atom. The number of carboxylic acids is 1. The summed E-state index contributed by atoms with van der Waals surface area (Å²) in [5.41, 5.74) is 0. The normalized spacial score (nSPS) is 20.9. The summed E-state index contributed by atoms with van der Waals surface area (Å²) in [5, 5.41) is 22.0. The molecule has 0 bridgehead atoms. The largest absolute Gasteiger partial charge is 0.480 e. The van der Waals surface area contributed by atoms with E-state index in [4.69, 9.17) is 14.9 Å². The maximum absolute atomic E-state index is 11.3. The predicted molar refractivity (Wildman–Crippen MR) is 58.6 cm³/mol. The van der Waals surface area contributed by atoms with Crippen LogP contribution in [0.3, 0.4) is 0 Å². The highest BCUT2D eigenvalue weighted by atomic mass is 16.5. The predicted octanol–water partition coefficient (Wildman–Crippen LogP) is -0.842. The lowest BCUT2D eigenvalue weighted by Gasteiger charge is -2.13. The topological polar surface area (TPSA) is 108 Å². The molecule has 1 saturated heterocycles. The molecule has 0 aliphatic carbocycles. The van der Waals surface area contributed by atoms with Gasteiger partial charge in [-0.3, -0.25) is 0 Å². The first-order valence-corrected chi connectivity index (χ1v) is 5.59. The van der Waals surface area contributed by atoms with Gasteiger partial charge in [0.25, 0.3) is 0 Å². The van der Waals surface area contributed by atoms with E-state index in [0.29, 0.717) is 12.5 Å². The highest BCUT2D eigenvalue weighted by molar-refractivity contribution is 5.82. The van der Waals surface area contributed by atoms with Crippen LogP contribution in [0, 0.1) is 5.92 Å². The number of hydrogen-bond donors (Lipinski definition) is 4. The molecule has 1 heterocycles. The Hall–Kier alpha value is -1.34. The number of aliphatic hydroxyl groups is 1. The van der Waals surface area contributed by atoms with Gasteiger partial charge in [0, 0.05) is 19.8 Å². The van der Waals surface area contributed by atoms with Crippen molar-refractivity contribution in [1.29, 1.82) is 0 Å². The van der Waals surface area contributed by atoms with Crippen LogP contribution >= 0.6 is 0 Å². The van der Waals surface area contributed by atoms with Crippen LogP contribution in [-0.2, 0) is 9.53 Å². The van der Waals surface area contributed by atoms with Crippen LogP contribution in [0.25, 0.3) is 0 Å². The Morgan fingerprint density at radius 2 is 2.24 bits per heavy atom. The van der Waals surface area contributed by atoms with Gasteiger partial charge in [-0.25, -0.2) is 9.59 Å². The quantitative estimate of drug-likeness (QED) is 0.488. The zero-order valence-electron chi connectivity index (χ0n) is 9.52. The number of carboxylic acid groups (broad SMARTS) is 1. The van der Waals surface area contributed by atoms with Crippen LogP contribution in [-0.4, -0.2) is 54.6 Å². The molecule has 98 valence electrons. The van der Waals surface area contributed by atoms with Gasteiger partial charge in [-0.05, 0) is 18.8 Å². The van der Waals surface area contributed by atoms with Gasteiger partial charge < -0.3 is 25.6 Å². The fourth-order valence-corrected chi connectivity index (χ4v) is 1.60. The molecule has 0 aromatic rings. The zero-order chi connectivity index (χ0) is 12.7. The lowest BCUT2D eigenvalue weighted by molar-refractivity contribution is -0.140. The van der Waals surface area contributed by atoms with E-state index in [1.165, 1.54) is 0 Å². The number of amides is 2. The van der Waals surface area contributed by atoms with E-state index < -0.39 is 24.6 Å². The summed E-state index contributed by atoms with van der Waals surface area (Å²) in [7, 11) is 0. The van der Waals surface area contributed by atoms with Gasteiger partial charge in [-0.1, -0.05) is 0 Å². The van der Waals surface area contributed by atoms with Gasteiger partial charge in [-0.2, -0.15) is 0 Å². The molecule has 1 aliphatic heterocycles. The van der Waals surface area contributed by atoms with Crippen molar-refractivity contribution < 1.29 is 24.5 Å². The van der Waals surface area contributed by atoms with Crippen LogP contribution in [0.15, 0.2) is 0 Å². The van der Waals surface area contributed by atoms with Crippen molar-refractivity contribution in [3.8, 4) is 0 Å². The van der Waals surface area contributed by atoms with Crippen molar-refractivity contribution in [2.45, 2.75) is 18.9 Å². The molecule has 17 heavy (non-hydrogen) atoms. The van der Waals surface area contributed by atoms with Crippen molar-refractivity contribution in [3.63, 3.8) is 0 Å². The molecule has 1 unspecified atom stereocenters. The average molecular weight is 246 g/mol. The molecule has 0 spiro atoms. The van der Waals surface area contributed by atoms with Gasteiger partial charge in [0.05, 0.1) is 6.61 Å². The SMILES string of the molecule is O=C(NCCC1CCOC1)N[C@@H](CO)C(=O)O. The summed E-state index contributed by atoms with van der Waals surface area (Å²) in [6, 6.07) is -1.84. The Kier molecular flexibility index (Phi) is 5.71. The van der Waals surface area contributed by atoms with Crippen molar-refractivity contribution in [3.05, 3.63) is 0 Å². The maximum atomic E-state index is 11.3. The smallest absolute Gasteiger partial charge is 0.328 e. The Labute approximate surface area is 99.1 Å². The minimum absolute atomic E-state index is 0.461. The third kappa shape index (κ3) is 5.01. The van der Waals surface area contributed by atoms with Gasteiger partial charge in [0.2, 0.25) is 0 Å². The second-order valence-electron chi connectivity index (χ2n) is 3.99. The number of ether oxygens (including phenoxy) is 1. The first kappa shape index (κ1) is 13.7. The van der Waals surface area contributed by atoms with Crippen LogP contribution in [0.2, 0.25) is 0 Å². The molecule has 2 amide bonds. The molecule has 7 nitrogen and oxygen atoms in total. The molecular formula is C10H18N2O5. The van der Waals surface area contributed by atoms with E-state index >= 15 is 0 Å². The van der Waals surface area contributed by atoms with Gasteiger partial charge in [-0.15, -0.1) is 0 Å². The lowest BCUT2D eigenvalue weighted by atomic mass is 10.1. The Balaban J connectivity index is 2.13. The van der Waals surface area contributed by atoms with Gasteiger partial charge in [0.15, 0.2) is 6.04 Å². The molecule has 0 aromatic heterocycles. The van der Waals surface area contributed by atoms with Crippen LogP contribution in [0.4, 0.5) is 4.79 Å². The molecule has 1 fully saturated rings. The Bertz CT molecular complexity index is 265. The molecule has 0 saturated carbocycles. The van der Waals surface area contributed by atoms with E-state index in [0.717, 1.165) is 26.1 Å². The van der Waals surface area contributed by atoms with Crippen LogP contribution in [0.5, 0.6) is 0 Å². The first-order chi connectivity index (χ1) is 8.13. The number of carbonyl (C=O) groups excluding carboxylic acids is 1. The van der Waals surface area contributed by atoms with E-state index in [9.17, 15) is 9.59 Å².